The highest BCUT2D eigenvalue weighted by atomic mass is 79.9. The van der Waals surface area contributed by atoms with Gasteiger partial charge < -0.3 is 9.47 Å². The molecule has 3 aromatic carbocycles. The fourth-order valence-electron chi connectivity index (χ4n) is 4.71. The number of carbonyl (C=O) groups is 1. The first kappa shape index (κ1) is 26.4. The maximum Gasteiger partial charge on any atom is 0.347 e. The largest absolute Gasteiger partial charge is 0.491 e. The van der Waals surface area contributed by atoms with E-state index in [-0.39, 0.29) is 11.1 Å². The molecule has 0 atom stereocenters. The second kappa shape index (κ2) is 12.5. The number of ether oxygens (including phenoxy) is 2. The van der Waals surface area contributed by atoms with Crippen LogP contribution < -0.4 is 9.47 Å². The average Bonchev–Trinajstić information content (AvgIpc) is 2.91. The highest BCUT2D eigenvalue weighted by Gasteiger charge is 2.29. The number of para-hydroxylation sites is 1. The molecule has 3 aromatic rings. The summed E-state index contributed by atoms with van der Waals surface area (Å²) in [7, 11) is 0. The van der Waals surface area contributed by atoms with Gasteiger partial charge in [-0.15, -0.1) is 0 Å². The van der Waals surface area contributed by atoms with Gasteiger partial charge in [0.1, 0.15) is 22.9 Å². The molecule has 0 radical (unpaired) electrons. The standard InChI is InChI=1S/C30H33BrFNO3/c1-3-4-19-35-29-26(30(34)36-24-13-9-6-10-14-24)21(2)28(32)25(27(29)31)20-33-17-15-23(16-18-33)22-11-7-5-8-12-22/h5-14,23H,3-4,15-20H2,1-2H3. The quantitative estimate of drug-likeness (QED) is 0.155. The molecular weight excluding hydrogens is 521 g/mol. The predicted octanol–water partition coefficient (Wildman–Crippen LogP) is 7.67. The highest BCUT2D eigenvalue weighted by Crippen LogP contribution is 2.39. The van der Waals surface area contributed by atoms with E-state index >= 15 is 4.39 Å². The van der Waals surface area contributed by atoms with E-state index in [2.05, 4.69) is 52.0 Å². The SMILES string of the molecule is CCCCOc1c(Br)c(CN2CCC(c3ccccc3)CC2)c(F)c(C)c1C(=O)Oc1ccccc1. The van der Waals surface area contributed by atoms with E-state index in [1.165, 1.54) is 5.56 Å². The Kier molecular flexibility index (Phi) is 9.16. The summed E-state index contributed by atoms with van der Waals surface area (Å²) in [6.07, 6.45) is 3.84. The van der Waals surface area contributed by atoms with E-state index < -0.39 is 11.8 Å². The lowest BCUT2D eigenvalue weighted by molar-refractivity contribution is 0.0728. The fraction of sp³-hybridized carbons (Fsp3) is 0.367. The monoisotopic (exact) mass is 553 g/mol. The van der Waals surface area contributed by atoms with Gasteiger partial charge >= 0.3 is 5.97 Å². The molecule has 0 aliphatic carbocycles. The Labute approximate surface area is 221 Å². The molecule has 0 unspecified atom stereocenters. The van der Waals surface area contributed by atoms with Gasteiger partial charge in [-0.2, -0.15) is 0 Å². The summed E-state index contributed by atoms with van der Waals surface area (Å²) < 4.78 is 27.9. The molecule has 4 rings (SSSR count). The molecule has 36 heavy (non-hydrogen) atoms. The van der Waals surface area contributed by atoms with Crippen molar-refractivity contribution in [2.45, 2.75) is 52.0 Å². The summed E-state index contributed by atoms with van der Waals surface area (Å²) in [5.41, 5.74) is 2.27. The number of carbonyl (C=O) groups excluding carboxylic acids is 1. The summed E-state index contributed by atoms with van der Waals surface area (Å²) in [5, 5.41) is 0. The number of halogens is 2. The molecule has 1 fully saturated rings. The van der Waals surface area contributed by atoms with Gasteiger partial charge in [0.15, 0.2) is 0 Å². The van der Waals surface area contributed by atoms with Crippen molar-refractivity contribution in [2.24, 2.45) is 0 Å². The van der Waals surface area contributed by atoms with Crippen molar-refractivity contribution in [3.05, 3.63) is 93.2 Å². The molecule has 0 aromatic heterocycles. The van der Waals surface area contributed by atoms with Crippen LogP contribution in [0.15, 0.2) is 65.1 Å². The molecule has 0 spiro atoms. The van der Waals surface area contributed by atoms with E-state index in [0.717, 1.165) is 38.8 Å². The Bertz CT molecular complexity index is 1160. The molecule has 0 N–H and O–H groups in total. The van der Waals surface area contributed by atoms with Crippen LogP contribution in [0.3, 0.4) is 0 Å². The van der Waals surface area contributed by atoms with Crippen LogP contribution in [-0.4, -0.2) is 30.6 Å². The summed E-state index contributed by atoms with van der Waals surface area (Å²) in [4.78, 5) is 15.4. The number of nitrogens with zero attached hydrogens (tertiary/aromatic N) is 1. The first-order chi connectivity index (χ1) is 17.5. The Morgan fingerprint density at radius 3 is 2.33 bits per heavy atom. The average molecular weight is 555 g/mol. The van der Waals surface area contributed by atoms with Gasteiger partial charge in [0.05, 0.1) is 11.1 Å². The maximum atomic E-state index is 15.8. The van der Waals surface area contributed by atoms with E-state index in [4.69, 9.17) is 9.47 Å². The molecule has 0 bridgehead atoms. The van der Waals surface area contributed by atoms with E-state index in [1.807, 2.05) is 12.1 Å². The minimum Gasteiger partial charge on any atom is -0.491 e. The maximum absolute atomic E-state index is 15.8. The topological polar surface area (TPSA) is 38.8 Å². The number of hydrogen-bond donors (Lipinski definition) is 0. The van der Waals surface area contributed by atoms with Gasteiger partial charge in [-0.05, 0) is 78.8 Å². The Morgan fingerprint density at radius 2 is 1.69 bits per heavy atom. The Balaban J connectivity index is 1.57. The molecule has 1 heterocycles. The molecule has 0 amide bonds. The van der Waals surface area contributed by atoms with Crippen LogP contribution >= 0.6 is 15.9 Å². The second-order valence-corrected chi connectivity index (χ2v) is 10.1. The summed E-state index contributed by atoms with van der Waals surface area (Å²) in [5.74, 6) is 0.274. The lowest BCUT2D eigenvalue weighted by Crippen LogP contribution is -2.33. The fourth-order valence-corrected chi connectivity index (χ4v) is 5.32. The van der Waals surface area contributed by atoms with Gasteiger partial charge in [-0.3, -0.25) is 4.90 Å². The van der Waals surface area contributed by atoms with Crippen molar-refractivity contribution >= 4 is 21.9 Å². The van der Waals surface area contributed by atoms with Gasteiger partial charge in [0, 0.05) is 17.7 Å². The summed E-state index contributed by atoms with van der Waals surface area (Å²) in [6, 6.07) is 19.4. The third-order valence-electron chi connectivity index (χ3n) is 6.80. The van der Waals surface area contributed by atoms with E-state index in [0.29, 0.717) is 40.6 Å². The molecule has 1 saturated heterocycles. The molecule has 1 aliphatic rings. The van der Waals surface area contributed by atoms with Crippen LogP contribution in [0, 0.1) is 12.7 Å². The Morgan fingerprint density at radius 1 is 1.06 bits per heavy atom. The molecule has 6 heteroatoms. The van der Waals surface area contributed by atoms with Crippen molar-refractivity contribution in [2.75, 3.05) is 19.7 Å². The van der Waals surface area contributed by atoms with Crippen molar-refractivity contribution in [1.82, 2.24) is 4.90 Å². The zero-order valence-corrected chi connectivity index (χ0v) is 22.5. The van der Waals surface area contributed by atoms with Gasteiger partial charge in [-0.1, -0.05) is 61.9 Å². The molecule has 190 valence electrons. The minimum atomic E-state index is -0.625. The third-order valence-corrected chi connectivity index (χ3v) is 7.64. The van der Waals surface area contributed by atoms with Crippen LogP contribution in [0.25, 0.3) is 0 Å². The van der Waals surface area contributed by atoms with Crippen LogP contribution in [0.2, 0.25) is 0 Å². The number of likely N-dealkylation sites (tertiary alicyclic amines) is 1. The van der Waals surface area contributed by atoms with Crippen molar-refractivity contribution < 1.29 is 18.7 Å². The van der Waals surface area contributed by atoms with Gasteiger partial charge in [0.2, 0.25) is 0 Å². The van der Waals surface area contributed by atoms with Gasteiger partial charge in [-0.25, -0.2) is 9.18 Å². The van der Waals surface area contributed by atoms with Crippen LogP contribution in [-0.2, 0) is 6.54 Å². The summed E-state index contributed by atoms with van der Waals surface area (Å²) >= 11 is 3.60. The van der Waals surface area contributed by atoms with Crippen LogP contribution in [0.5, 0.6) is 11.5 Å². The van der Waals surface area contributed by atoms with Crippen molar-refractivity contribution in [1.29, 1.82) is 0 Å². The van der Waals surface area contributed by atoms with Crippen molar-refractivity contribution in [3.63, 3.8) is 0 Å². The first-order valence-electron chi connectivity index (χ1n) is 12.7. The third kappa shape index (κ3) is 6.16. The number of unbranched alkanes of at least 4 members (excludes halogenated alkanes) is 1. The van der Waals surface area contributed by atoms with E-state index in [9.17, 15) is 4.79 Å². The zero-order valence-electron chi connectivity index (χ0n) is 20.9. The van der Waals surface area contributed by atoms with Crippen LogP contribution in [0.1, 0.15) is 65.6 Å². The first-order valence-corrected chi connectivity index (χ1v) is 13.5. The molecule has 1 aliphatic heterocycles. The number of piperidine rings is 1. The molecule has 0 saturated carbocycles. The lowest BCUT2D eigenvalue weighted by atomic mass is 9.89. The van der Waals surface area contributed by atoms with E-state index in [1.54, 1.807) is 31.2 Å². The minimum absolute atomic E-state index is 0.130. The molecular formula is C30H33BrFNO3. The highest BCUT2D eigenvalue weighted by molar-refractivity contribution is 9.10. The zero-order chi connectivity index (χ0) is 25.5. The van der Waals surface area contributed by atoms with Crippen molar-refractivity contribution in [3.8, 4) is 11.5 Å². The number of hydrogen-bond acceptors (Lipinski definition) is 4. The second-order valence-electron chi connectivity index (χ2n) is 9.30. The predicted molar refractivity (Wildman–Crippen MR) is 144 cm³/mol. The van der Waals surface area contributed by atoms with Crippen LogP contribution in [0.4, 0.5) is 4.39 Å². The number of rotatable bonds is 9. The summed E-state index contributed by atoms with van der Waals surface area (Å²) in [6.45, 7) is 6.35. The Hall–Kier alpha value is -2.70. The number of esters is 1. The molecule has 4 nitrogen and oxygen atoms in total. The lowest BCUT2D eigenvalue weighted by Gasteiger charge is -2.33. The van der Waals surface area contributed by atoms with Gasteiger partial charge in [0.25, 0.3) is 0 Å². The smallest absolute Gasteiger partial charge is 0.347 e. The number of benzene rings is 3. The normalized spacial score (nSPS) is 14.6.